The lowest BCUT2D eigenvalue weighted by atomic mass is 9.52. The van der Waals surface area contributed by atoms with E-state index in [9.17, 15) is 18.0 Å². The molecule has 0 unspecified atom stereocenters. The van der Waals surface area contributed by atoms with Crippen LogP contribution in [0.25, 0.3) is 0 Å². The Morgan fingerprint density at radius 1 is 1.00 bits per heavy atom. The molecule has 0 aromatic heterocycles. The van der Waals surface area contributed by atoms with Gasteiger partial charge in [-0.15, -0.1) is 0 Å². The largest absolute Gasteiger partial charge is 0.455 e. The average Bonchev–Trinajstić information content (AvgIpc) is 2.59. The molecule has 3 N–H and O–H groups in total. The highest BCUT2D eigenvalue weighted by Crippen LogP contribution is 2.56. The van der Waals surface area contributed by atoms with Crippen LogP contribution in [0.1, 0.15) is 32.1 Å². The van der Waals surface area contributed by atoms with E-state index >= 15 is 0 Å². The molecule has 7 nitrogen and oxygen atoms in total. The van der Waals surface area contributed by atoms with E-state index in [1.807, 2.05) is 0 Å². The topological polar surface area (TPSA) is 116 Å². The van der Waals surface area contributed by atoms with Crippen molar-refractivity contribution in [1.82, 2.24) is 0 Å². The van der Waals surface area contributed by atoms with Gasteiger partial charge in [0.1, 0.15) is 0 Å². The van der Waals surface area contributed by atoms with Crippen LogP contribution >= 0.6 is 0 Å². The number of primary sulfonamides is 1. The van der Waals surface area contributed by atoms with E-state index < -0.39 is 15.9 Å². The molecular formula is C19H24N2O5S. The molecule has 0 saturated heterocycles. The van der Waals surface area contributed by atoms with Crippen LogP contribution in [0.5, 0.6) is 0 Å². The summed E-state index contributed by atoms with van der Waals surface area (Å²) in [6.45, 7) is -0.335. The minimum absolute atomic E-state index is 0.0335. The van der Waals surface area contributed by atoms with E-state index in [1.54, 1.807) is 0 Å². The molecule has 27 heavy (non-hydrogen) atoms. The van der Waals surface area contributed by atoms with Crippen LogP contribution < -0.4 is 10.5 Å². The molecule has 0 atom stereocenters. The summed E-state index contributed by atoms with van der Waals surface area (Å²) in [7, 11) is -3.77. The maximum Gasteiger partial charge on any atom is 0.310 e. The van der Waals surface area contributed by atoms with Gasteiger partial charge >= 0.3 is 5.97 Å². The number of nitrogens with one attached hydrogen (secondary N) is 1. The molecule has 1 aromatic rings. The Kier molecular flexibility index (Phi) is 4.71. The van der Waals surface area contributed by atoms with Crippen LogP contribution in [0.2, 0.25) is 0 Å². The maximum absolute atomic E-state index is 12.6. The van der Waals surface area contributed by atoms with Gasteiger partial charge in [0.15, 0.2) is 6.61 Å². The molecule has 4 fully saturated rings. The van der Waals surface area contributed by atoms with Crippen LogP contribution in [-0.4, -0.2) is 26.9 Å². The quantitative estimate of drug-likeness (QED) is 0.743. The molecule has 0 aliphatic heterocycles. The smallest absolute Gasteiger partial charge is 0.310 e. The summed E-state index contributed by atoms with van der Waals surface area (Å²) in [6, 6.07) is 5.51. The third-order valence-corrected chi connectivity index (χ3v) is 7.24. The highest BCUT2D eigenvalue weighted by molar-refractivity contribution is 7.89. The molecule has 0 heterocycles. The predicted octanol–water partition coefficient (Wildman–Crippen LogP) is 1.89. The van der Waals surface area contributed by atoms with Gasteiger partial charge in [0.25, 0.3) is 5.91 Å². The Hall–Kier alpha value is -1.93. The fraction of sp³-hybridized carbons (Fsp3) is 0.579. The third kappa shape index (κ3) is 3.87. The minimum Gasteiger partial charge on any atom is -0.455 e. The number of esters is 1. The van der Waals surface area contributed by atoms with Crippen molar-refractivity contribution in [3.05, 3.63) is 24.3 Å². The summed E-state index contributed by atoms with van der Waals surface area (Å²) in [5, 5.41) is 7.63. The molecule has 4 aliphatic carbocycles. The normalized spacial score (nSPS) is 31.5. The number of carbonyl (C=O) groups is 2. The van der Waals surface area contributed by atoms with Crippen molar-refractivity contribution in [1.29, 1.82) is 0 Å². The van der Waals surface area contributed by atoms with Gasteiger partial charge in [-0.05, 0) is 80.0 Å². The van der Waals surface area contributed by atoms with Crippen LogP contribution in [0.3, 0.4) is 0 Å². The zero-order valence-electron chi connectivity index (χ0n) is 15.0. The van der Waals surface area contributed by atoms with Crippen LogP contribution in [0.4, 0.5) is 5.69 Å². The van der Waals surface area contributed by atoms with Gasteiger partial charge in [0, 0.05) is 5.69 Å². The average molecular weight is 392 g/mol. The van der Waals surface area contributed by atoms with Gasteiger partial charge in [-0.1, -0.05) is 0 Å². The van der Waals surface area contributed by atoms with Gasteiger partial charge in [-0.2, -0.15) is 0 Å². The van der Waals surface area contributed by atoms with Gasteiger partial charge in [0.05, 0.1) is 10.8 Å². The molecule has 0 spiro atoms. The van der Waals surface area contributed by atoms with E-state index in [2.05, 4.69) is 5.32 Å². The van der Waals surface area contributed by atoms with E-state index in [-0.39, 0.29) is 23.4 Å². The molecule has 4 aliphatic rings. The fourth-order valence-corrected chi connectivity index (χ4v) is 5.98. The highest BCUT2D eigenvalue weighted by Gasteiger charge is 2.51. The molecule has 1 amide bonds. The number of benzene rings is 1. The van der Waals surface area contributed by atoms with Crippen molar-refractivity contribution in [3.8, 4) is 0 Å². The lowest BCUT2D eigenvalue weighted by Gasteiger charge is -2.53. The SMILES string of the molecule is NS(=O)(=O)c1ccc(NC(=O)COC(=O)C2C3CC4CC(C3)CC2C4)cc1. The van der Waals surface area contributed by atoms with Crippen LogP contribution in [-0.2, 0) is 24.3 Å². The lowest BCUT2D eigenvalue weighted by molar-refractivity contribution is -0.164. The monoisotopic (exact) mass is 392 g/mol. The van der Waals surface area contributed by atoms with E-state index in [4.69, 9.17) is 9.88 Å². The summed E-state index contributed by atoms with van der Waals surface area (Å²) >= 11 is 0. The number of nitrogens with two attached hydrogens (primary N) is 1. The zero-order valence-corrected chi connectivity index (χ0v) is 15.8. The first-order chi connectivity index (χ1) is 12.8. The maximum atomic E-state index is 12.6. The van der Waals surface area contributed by atoms with Crippen LogP contribution in [0.15, 0.2) is 29.2 Å². The second kappa shape index (κ2) is 6.91. The van der Waals surface area contributed by atoms with Crippen molar-refractivity contribution < 1.29 is 22.7 Å². The first-order valence-electron chi connectivity index (χ1n) is 9.39. The third-order valence-electron chi connectivity index (χ3n) is 6.31. The minimum atomic E-state index is -3.77. The summed E-state index contributed by atoms with van der Waals surface area (Å²) in [4.78, 5) is 24.6. The number of carbonyl (C=O) groups excluding carboxylic acids is 2. The summed E-state index contributed by atoms with van der Waals surface area (Å²) in [5.41, 5.74) is 0.415. The molecule has 0 radical (unpaired) electrons. The molecule has 1 aromatic carbocycles. The summed E-state index contributed by atoms with van der Waals surface area (Å²) in [6.07, 6.45) is 5.80. The fourth-order valence-electron chi connectivity index (χ4n) is 5.47. The first-order valence-corrected chi connectivity index (χ1v) is 10.9. The van der Waals surface area contributed by atoms with Gasteiger partial charge < -0.3 is 10.1 Å². The van der Waals surface area contributed by atoms with Crippen molar-refractivity contribution in [2.45, 2.75) is 37.0 Å². The number of amides is 1. The summed E-state index contributed by atoms with van der Waals surface area (Å²) in [5.74, 6) is 1.64. The first kappa shape index (κ1) is 18.4. The van der Waals surface area contributed by atoms with Crippen molar-refractivity contribution in [3.63, 3.8) is 0 Å². The number of hydrogen-bond acceptors (Lipinski definition) is 5. The zero-order chi connectivity index (χ0) is 19.2. The Morgan fingerprint density at radius 2 is 1.56 bits per heavy atom. The Labute approximate surface area is 158 Å². The second-order valence-corrected chi connectivity index (χ2v) is 9.74. The number of hydrogen-bond donors (Lipinski definition) is 2. The Balaban J connectivity index is 1.30. The Bertz CT molecular complexity index is 821. The summed E-state index contributed by atoms with van der Waals surface area (Å²) < 4.78 is 27.8. The molecule has 4 saturated carbocycles. The number of sulfonamides is 1. The van der Waals surface area contributed by atoms with Crippen molar-refractivity contribution >= 4 is 27.6 Å². The second-order valence-electron chi connectivity index (χ2n) is 8.18. The number of ether oxygens (including phenoxy) is 1. The highest BCUT2D eigenvalue weighted by atomic mass is 32.2. The number of rotatable bonds is 5. The van der Waals surface area contributed by atoms with Gasteiger partial charge in [-0.3, -0.25) is 9.59 Å². The molecule has 8 heteroatoms. The molecule has 5 rings (SSSR count). The van der Waals surface area contributed by atoms with Gasteiger partial charge in [-0.25, -0.2) is 13.6 Å². The predicted molar refractivity (Wildman–Crippen MR) is 97.9 cm³/mol. The Morgan fingerprint density at radius 3 is 2.07 bits per heavy atom. The van der Waals surface area contributed by atoms with E-state index in [0.29, 0.717) is 17.5 Å². The van der Waals surface area contributed by atoms with Crippen molar-refractivity contribution in [2.75, 3.05) is 11.9 Å². The molecule has 146 valence electrons. The van der Waals surface area contributed by atoms with Crippen LogP contribution in [0, 0.1) is 29.6 Å². The standard InChI is InChI=1S/C19H24N2O5S/c20-27(24,25)16-3-1-15(2-4-16)21-17(22)10-26-19(23)18-13-6-11-5-12(8-13)9-14(18)7-11/h1-4,11-14,18H,5-10H2,(H,21,22)(H2,20,24,25). The van der Waals surface area contributed by atoms with Crippen molar-refractivity contribution in [2.24, 2.45) is 34.7 Å². The van der Waals surface area contributed by atoms with Gasteiger partial charge in [0.2, 0.25) is 10.0 Å². The lowest BCUT2D eigenvalue weighted by Crippen LogP contribution is -2.48. The van der Waals surface area contributed by atoms with E-state index in [0.717, 1.165) is 37.5 Å². The molecular weight excluding hydrogens is 368 g/mol. The molecule has 4 bridgehead atoms. The van der Waals surface area contributed by atoms with E-state index in [1.165, 1.54) is 30.7 Å². The number of anilines is 1.